The molecule has 4 nitrogen and oxygen atoms in total. The average molecular weight is 249 g/mol. The van der Waals surface area contributed by atoms with Gasteiger partial charge in [-0.3, -0.25) is 9.48 Å². The first-order chi connectivity index (χ1) is 7.09. The fourth-order valence-electron chi connectivity index (χ4n) is 1.24. The van der Waals surface area contributed by atoms with Crippen molar-refractivity contribution in [2.75, 3.05) is 6.61 Å². The van der Waals surface area contributed by atoms with Gasteiger partial charge in [0.15, 0.2) is 0 Å². The van der Waals surface area contributed by atoms with Crippen LogP contribution in [0.5, 0.6) is 0 Å². The number of rotatable bonds is 4. The van der Waals surface area contributed by atoms with E-state index in [4.69, 9.17) is 27.9 Å². The van der Waals surface area contributed by atoms with Crippen molar-refractivity contribution in [3.63, 3.8) is 0 Å². The molecule has 1 atom stereocenters. The van der Waals surface area contributed by atoms with Crippen LogP contribution in [0.2, 0.25) is 0 Å². The fraction of sp³-hybridized carbons (Fsp3) is 0.556. The summed E-state index contributed by atoms with van der Waals surface area (Å²) in [4.78, 5) is 11.3. The van der Waals surface area contributed by atoms with Gasteiger partial charge >= 0.3 is 5.97 Å². The van der Waals surface area contributed by atoms with Crippen molar-refractivity contribution < 1.29 is 9.53 Å². The number of alkyl halides is 2. The lowest BCUT2D eigenvalue weighted by Crippen LogP contribution is -2.15. The Hall–Kier alpha value is -0.740. The number of halogens is 2. The summed E-state index contributed by atoms with van der Waals surface area (Å²) in [6.45, 7) is 0.837. The normalized spacial score (nSPS) is 22.4. The molecular formula is C9H10Cl2N2O2. The number of carbonyl (C=O) groups is 1. The predicted molar refractivity (Wildman–Crippen MR) is 55.7 cm³/mol. The van der Waals surface area contributed by atoms with Crippen molar-refractivity contribution in [1.82, 2.24) is 9.78 Å². The Kier molecular flexibility index (Phi) is 2.89. The van der Waals surface area contributed by atoms with Crippen LogP contribution in [0.4, 0.5) is 0 Å². The van der Waals surface area contributed by atoms with Crippen LogP contribution in [0.3, 0.4) is 0 Å². The molecule has 0 radical (unpaired) electrons. The third-order valence-corrected chi connectivity index (χ3v) is 3.07. The minimum Gasteiger partial charge on any atom is -0.463 e. The molecule has 1 saturated carbocycles. The molecular weight excluding hydrogens is 239 g/mol. The molecule has 0 spiro atoms. The third-order valence-electron chi connectivity index (χ3n) is 2.23. The summed E-state index contributed by atoms with van der Waals surface area (Å²) in [5, 5.41) is 3.98. The lowest BCUT2D eigenvalue weighted by atomic mass is 10.4. The van der Waals surface area contributed by atoms with Crippen LogP contribution >= 0.6 is 23.2 Å². The number of hydrogen-bond donors (Lipinski definition) is 0. The molecule has 0 amide bonds. The number of ether oxygens (including phenoxy) is 1. The summed E-state index contributed by atoms with van der Waals surface area (Å²) < 4.78 is 5.80. The first kappa shape index (κ1) is 10.8. The predicted octanol–water partition coefficient (Wildman–Crippen LogP) is 1.62. The summed E-state index contributed by atoms with van der Waals surface area (Å²) in [6, 6.07) is 1.81. The number of aromatic nitrogens is 2. The molecule has 1 aliphatic rings. The Balaban J connectivity index is 1.69. The van der Waals surface area contributed by atoms with Gasteiger partial charge in [0.2, 0.25) is 0 Å². The van der Waals surface area contributed by atoms with Crippen molar-refractivity contribution in [1.29, 1.82) is 0 Å². The molecule has 0 N–H and O–H groups in total. The summed E-state index contributed by atoms with van der Waals surface area (Å²) in [5.74, 6) is -0.689. The molecule has 15 heavy (non-hydrogen) atoms. The zero-order valence-corrected chi connectivity index (χ0v) is 9.41. The van der Waals surface area contributed by atoms with E-state index in [0.717, 1.165) is 0 Å². The van der Waals surface area contributed by atoms with E-state index in [1.54, 1.807) is 17.1 Å². The molecule has 0 saturated heterocycles. The molecule has 1 aromatic heterocycles. The lowest BCUT2D eigenvalue weighted by molar-refractivity contribution is -0.145. The van der Waals surface area contributed by atoms with Crippen molar-refractivity contribution in [2.24, 2.45) is 5.92 Å². The largest absolute Gasteiger partial charge is 0.463 e. The highest BCUT2D eigenvalue weighted by atomic mass is 35.5. The van der Waals surface area contributed by atoms with Crippen LogP contribution in [0.15, 0.2) is 18.5 Å². The van der Waals surface area contributed by atoms with Crippen LogP contribution in [-0.2, 0) is 16.1 Å². The number of hydrogen-bond acceptors (Lipinski definition) is 3. The van der Waals surface area contributed by atoms with Crippen LogP contribution in [0.25, 0.3) is 0 Å². The Morgan fingerprint density at radius 2 is 2.40 bits per heavy atom. The lowest BCUT2D eigenvalue weighted by Gasteiger charge is -2.04. The standard InChI is InChI=1S/C9H10Cl2N2O2/c10-9(11)6-7(9)8(14)15-5-4-13-3-1-2-12-13/h1-3,7H,4-6H2/t7-/m0/s1. The second-order valence-electron chi connectivity index (χ2n) is 3.45. The molecule has 6 heteroatoms. The minimum atomic E-state index is -0.900. The van der Waals surface area contributed by atoms with E-state index in [1.165, 1.54) is 0 Å². The maximum atomic E-state index is 11.3. The highest BCUT2D eigenvalue weighted by Gasteiger charge is 2.57. The smallest absolute Gasteiger partial charge is 0.312 e. The van der Waals surface area contributed by atoms with Gasteiger partial charge in [-0.05, 0) is 12.5 Å². The van der Waals surface area contributed by atoms with Crippen molar-refractivity contribution >= 4 is 29.2 Å². The Labute approximate surface area is 97.1 Å². The van der Waals surface area contributed by atoms with Gasteiger partial charge in [-0.25, -0.2) is 0 Å². The van der Waals surface area contributed by atoms with Gasteiger partial charge < -0.3 is 4.74 Å². The highest BCUT2D eigenvalue weighted by Crippen LogP contribution is 2.53. The van der Waals surface area contributed by atoms with Gasteiger partial charge in [0.1, 0.15) is 10.9 Å². The molecule has 0 unspecified atom stereocenters. The van der Waals surface area contributed by atoms with E-state index in [-0.39, 0.29) is 11.9 Å². The average Bonchev–Trinajstić information content (AvgIpc) is 2.65. The summed E-state index contributed by atoms with van der Waals surface area (Å²) in [6.07, 6.45) is 3.96. The monoisotopic (exact) mass is 248 g/mol. The maximum absolute atomic E-state index is 11.3. The van der Waals surface area contributed by atoms with Crippen molar-refractivity contribution in [3.05, 3.63) is 18.5 Å². The molecule has 1 aliphatic carbocycles. The second-order valence-corrected chi connectivity index (χ2v) is 5.00. The molecule has 82 valence electrons. The Morgan fingerprint density at radius 1 is 1.67 bits per heavy atom. The first-order valence-corrected chi connectivity index (χ1v) is 5.37. The van der Waals surface area contributed by atoms with Gasteiger partial charge in [-0.15, -0.1) is 23.2 Å². The number of esters is 1. The molecule has 0 aromatic carbocycles. The number of nitrogens with zero attached hydrogens (tertiary/aromatic N) is 2. The summed E-state index contributed by atoms with van der Waals surface area (Å²) in [5.41, 5.74) is 0. The molecule has 2 rings (SSSR count). The molecule has 1 fully saturated rings. The molecule has 1 heterocycles. The Morgan fingerprint density at radius 3 is 2.93 bits per heavy atom. The topological polar surface area (TPSA) is 44.1 Å². The van der Waals surface area contributed by atoms with E-state index < -0.39 is 4.33 Å². The SMILES string of the molecule is O=C(OCCn1cccn1)[C@@H]1CC1(Cl)Cl. The van der Waals surface area contributed by atoms with Crippen molar-refractivity contribution in [3.8, 4) is 0 Å². The highest BCUT2D eigenvalue weighted by molar-refractivity contribution is 6.52. The van der Waals surface area contributed by atoms with E-state index in [9.17, 15) is 4.79 Å². The zero-order chi connectivity index (χ0) is 10.9. The van der Waals surface area contributed by atoms with Crippen LogP contribution < -0.4 is 0 Å². The minimum absolute atomic E-state index is 0.293. The van der Waals surface area contributed by atoms with E-state index in [1.807, 2.05) is 6.07 Å². The van der Waals surface area contributed by atoms with E-state index in [0.29, 0.717) is 19.6 Å². The zero-order valence-electron chi connectivity index (χ0n) is 7.90. The summed E-state index contributed by atoms with van der Waals surface area (Å²) >= 11 is 11.5. The summed E-state index contributed by atoms with van der Waals surface area (Å²) in [7, 11) is 0. The van der Waals surface area contributed by atoms with Gasteiger partial charge in [0.05, 0.1) is 12.5 Å². The quantitative estimate of drug-likeness (QED) is 0.601. The molecule has 1 aromatic rings. The van der Waals surface area contributed by atoms with Crippen LogP contribution in [0.1, 0.15) is 6.42 Å². The Bertz CT molecular complexity index is 351. The van der Waals surface area contributed by atoms with Gasteiger partial charge in [0, 0.05) is 12.4 Å². The first-order valence-electron chi connectivity index (χ1n) is 4.61. The third kappa shape index (κ3) is 2.63. The van der Waals surface area contributed by atoms with Gasteiger partial charge in [-0.1, -0.05) is 0 Å². The fourth-order valence-corrected chi connectivity index (χ4v) is 1.73. The van der Waals surface area contributed by atoms with Crippen LogP contribution in [-0.4, -0.2) is 26.7 Å². The van der Waals surface area contributed by atoms with E-state index >= 15 is 0 Å². The van der Waals surface area contributed by atoms with Gasteiger partial charge in [0.25, 0.3) is 0 Å². The van der Waals surface area contributed by atoms with E-state index in [2.05, 4.69) is 5.10 Å². The van der Waals surface area contributed by atoms with Gasteiger partial charge in [-0.2, -0.15) is 5.10 Å². The van der Waals surface area contributed by atoms with Crippen molar-refractivity contribution in [2.45, 2.75) is 17.3 Å². The maximum Gasteiger partial charge on any atom is 0.312 e. The molecule has 0 aliphatic heterocycles. The molecule has 0 bridgehead atoms. The second kappa shape index (κ2) is 4.02. The number of carbonyl (C=O) groups excluding carboxylic acids is 1. The van der Waals surface area contributed by atoms with Crippen LogP contribution in [0, 0.1) is 5.92 Å².